The zero-order valence-corrected chi connectivity index (χ0v) is 11.3. The second-order valence-electron chi connectivity index (χ2n) is 4.89. The van der Waals surface area contributed by atoms with Crippen LogP contribution in [0.1, 0.15) is 11.6 Å². The molecule has 0 radical (unpaired) electrons. The molecule has 18 heavy (non-hydrogen) atoms. The van der Waals surface area contributed by atoms with Crippen molar-refractivity contribution < 1.29 is 4.74 Å². The molecule has 0 aromatic heterocycles. The molecule has 1 aliphatic heterocycles. The van der Waals surface area contributed by atoms with E-state index in [4.69, 9.17) is 10.5 Å². The maximum Gasteiger partial charge on any atom is 0.0594 e. The van der Waals surface area contributed by atoms with Gasteiger partial charge in [-0.15, -0.1) is 0 Å². The quantitative estimate of drug-likeness (QED) is 0.867. The van der Waals surface area contributed by atoms with Crippen molar-refractivity contribution in [1.82, 2.24) is 4.90 Å². The topological polar surface area (TPSA) is 41.7 Å². The molecule has 1 aliphatic rings. The SMILES string of the molecule is CN(C)c1ccc([C@H](CN)N2CCOCC2)cc1. The lowest BCUT2D eigenvalue weighted by Crippen LogP contribution is -2.41. The van der Waals surface area contributed by atoms with Crippen LogP contribution >= 0.6 is 0 Å². The van der Waals surface area contributed by atoms with Gasteiger partial charge in [0.1, 0.15) is 0 Å². The van der Waals surface area contributed by atoms with Crippen LogP contribution in [0.15, 0.2) is 24.3 Å². The molecule has 1 aromatic carbocycles. The largest absolute Gasteiger partial charge is 0.379 e. The van der Waals surface area contributed by atoms with Gasteiger partial charge in [-0.1, -0.05) is 12.1 Å². The van der Waals surface area contributed by atoms with Crippen molar-refractivity contribution in [2.24, 2.45) is 5.73 Å². The Kier molecular flexibility index (Phi) is 4.58. The standard InChI is InChI=1S/C14H23N3O/c1-16(2)13-5-3-12(4-6-13)14(11-15)17-7-9-18-10-8-17/h3-6,14H,7-11,15H2,1-2H3/t14-/m0/s1. The van der Waals surface area contributed by atoms with E-state index < -0.39 is 0 Å². The Morgan fingerprint density at radius 1 is 1.22 bits per heavy atom. The Balaban J connectivity index is 2.11. The van der Waals surface area contributed by atoms with Crippen molar-refractivity contribution in [2.45, 2.75) is 6.04 Å². The first kappa shape index (κ1) is 13.3. The summed E-state index contributed by atoms with van der Waals surface area (Å²) in [6.07, 6.45) is 0. The lowest BCUT2D eigenvalue weighted by atomic mass is 10.0. The van der Waals surface area contributed by atoms with Gasteiger partial charge < -0.3 is 15.4 Å². The smallest absolute Gasteiger partial charge is 0.0594 e. The highest BCUT2D eigenvalue weighted by molar-refractivity contribution is 5.46. The predicted octanol–water partition coefficient (Wildman–Crippen LogP) is 1.08. The first-order valence-electron chi connectivity index (χ1n) is 6.51. The van der Waals surface area contributed by atoms with Gasteiger partial charge in [0, 0.05) is 45.5 Å². The third kappa shape index (κ3) is 3.02. The summed E-state index contributed by atoms with van der Waals surface area (Å²) in [5.74, 6) is 0. The molecule has 2 rings (SSSR count). The van der Waals surface area contributed by atoms with Crippen molar-refractivity contribution in [1.29, 1.82) is 0 Å². The van der Waals surface area contributed by atoms with E-state index in [-0.39, 0.29) is 0 Å². The zero-order valence-electron chi connectivity index (χ0n) is 11.3. The van der Waals surface area contributed by atoms with Crippen molar-refractivity contribution in [2.75, 3.05) is 51.8 Å². The molecule has 0 spiro atoms. The number of hydrogen-bond donors (Lipinski definition) is 1. The number of anilines is 1. The van der Waals surface area contributed by atoms with Crippen LogP contribution in [-0.4, -0.2) is 51.8 Å². The molecule has 0 aliphatic carbocycles. The number of ether oxygens (including phenoxy) is 1. The van der Waals surface area contributed by atoms with Crippen LogP contribution in [0, 0.1) is 0 Å². The van der Waals surface area contributed by atoms with Crippen LogP contribution in [0.3, 0.4) is 0 Å². The second kappa shape index (κ2) is 6.18. The fourth-order valence-electron chi connectivity index (χ4n) is 2.38. The van der Waals surface area contributed by atoms with E-state index in [9.17, 15) is 0 Å². The Labute approximate surface area is 109 Å². The van der Waals surface area contributed by atoms with E-state index in [1.54, 1.807) is 0 Å². The first-order chi connectivity index (χ1) is 8.72. The van der Waals surface area contributed by atoms with Gasteiger partial charge in [-0.3, -0.25) is 4.90 Å². The number of nitrogens with zero attached hydrogens (tertiary/aromatic N) is 2. The number of nitrogens with two attached hydrogens (primary N) is 1. The monoisotopic (exact) mass is 249 g/mol. The summed E-state index contributed by atoms with van der Waals surface area (Å²) < 4.78 is 5.39. The summed E-state index contributed by atoms with van der Waals surface area (Å²) in [6.45, 7) is 4.22. The molecule has 2 N–H and O–H groups in total. The van der Waals surface area contributed by atoms with Gasteiger partial charge in [-0.25, -0.2) is 0 Å². The van der Waals surface area contributed by atoms with Gasteiger partial charge >= 0.3 is 0 Å². The van der Waals surface area contributed by atoms with Crippen molar-refractivity contribution in [3.63, 3.8) is 0 Å². The van der Waals surface area contributed by atoms with E-state index in [1.807, 2.05) is 0 Å². The Morgan fingerprint density at radius 2 is 1.83 bits per heavy atom. The highest BCUT2D eigenvalue weighted by Crippen LogP contribution is 2.23. The normalized spacial score (nSPS) is 18.6. The fraction of sp³-hybridized carbons (Fsp3) is 0.571. The van der Waals surface area contributed by atoms with Crippen molar-refractivity contribution >= 4 is 5.69 Å². The summed E-state index contributed by atoms with van der Waals surface area (Å²) in [5, 5.41) is 0. The molecule has 0 unspecified atom stereocenters. The number of hydrogen-bond acceptors (Lipinski definition) is 4. The van der Waals surface area contributed by atoms with E-state index in [0.29, 0.717) is 12.6 Å². The molecule has 4 heteroatoms. The van der Waals surface area contributed by atoms with Crippen LogP contribution in [0.5, 0.6) is 0 Å². The number of benzene rings is 1. The average molecular weight is 249 g/mol. The van der Waals surface area contributed by atoms with E-state index in [1.165, 1.54) is 11.3 Å². The van der Waals surface area contributed by atoms with E-state index >= 15 is 0 Å². The second-order valence-corrected chi connectivity index (χ2v) is 4.89. The average Bonchev–Trinajstić information content (AvgIpc) is 2.41. The zero-order chi connectivity index (χ0) is 13.0. The molecule has 0 saturated carbocycles. The summed E-state index contributed by atoms with van der Waals surface area (Å²) in [5.41, 5.74) is 8.46. The summed E-state index contributed by atoms with van der Waals surface area (Å²) in [6, 6.07) is 8.98. The third-order valence-electron chi connectivity index (χ3n) is 3.50. The van der Waals surface area contributed by atoms with E-state index in [2.05, 4.69) is 48.2 Å². The molecule has 100 valence electrons. The number of morpholine rings is 1. The molecular formula is C14H23N3O. The molecule has 1 fully saturated rings. The molecule has 1 aromatic rings. The van der Waals surface area contributed by atoms with Crippen LogP contribution in [0.25, 0.3) is 0 Å². The molecule has 0 bridgehead atoms. The minimum atomic E-state index is 0.310. The molecular weight excluding hydrogens is 226 g/mol. The molecule has 1 atom stereocenters. The lowest BCUT2D eigenvalue weighted by Gasteiger charge is -2.34. The summed E-state index contributed by atoms with van der Waals surface area (Å²) >= 11 is 0. The molecule has 1 saturated heterocycles. The minimum Gasteiger partial charge on any atom is -0.379 e. The van der Waals surface area contributed by atoms with Gasteiger partial charge in [-0.05, 0) is 17.7 Å². The Bertz CT molecular complexity index is 358. The first-order valence-corrected chi connectivity index (χ1v) is 6.51. The van der Waals surface area contributed by atoms with Gasteiger partial charge in [0.2, 0.25) is 0 Å². The lowest BCUT2D eigenvalue weighted by molar-refractivity contribution is 0.0179. The van der Waals surface area contributed by atoms with Gasteiger partial charge in [-0.2, -0.15) is 0 Å². The van der Waals surface area contributed by atoms with Crippen LogP contribution in [0.4, 0.5) is 5.69 Å². The highest BCUT2D eigenvalue weighted by atomic mass is 16.5. The summed E-state index contributed by atoms with van der Waals surface area (Å²) in [4.78, 5) is 4.52. The molecule has 1 heterocycles. The fourth-order valence-corrected chi connectivity index (χ4v) is 2.38. The van der Waals surface area contributed by atoms with Gasteiger partial charge in [0.15, 0.2) is 0 Å². The Morgan fingerprint density at radius 3 is 2.33 bits per heavy atom. The van der Waals surface area contributed by atoms with Crippen molar-refractivity contribution in [3.8, 4) is 0 Å². The predicted molar refractivity (Wildman–Crippen MR) is 75.0 cm³/mol. The van der Waals surface area contributed by atoms with Crippen molar-refractivity contribution in [3.05, 3.63) is 29.8 Å². The number of rotatable bonds is 4. The van der Waals surface area contributed by atoms with Crippen LogP contribution in [-0.2, 0) is 4.74 Å². The van der Waals surface area contributed by atoms with Gasteiger partial charge in [0.25, 0.3) is 0 Å². The minimum absolute atomic E-state index is 0.310. The van der Waals surface area contributed by atoms with Crippen LogP contribution in [0.2, 0.25) is 0 Å². The maximum atomic E-state index is 5.94. The molecule has 4 nitrogen and oxygen atoms in total. The highest BCUT2D eigenvalue weighted by Gasteiger charge is 2.21. The molecule has 0 amide bonds. The maximum absolute atomic E-state index is 5.94. The Hall–Kier alpha value is -1.10. The van der Waals surface area contributed by atoms with E-state index in [0.717, 1.165) is 26.3 Å². The summed E-state index contributed by atoms with van der Waals surface area (Å²) in [7, 11) is 4.11. The van der Waals surface area contributed by atoms with Gasteiger partial charge in [0.05, 0.1) is 13.2 Å². The third-order valence-corrected chi connectivity index (χ3v) is 3.50. The van der Waals surface area contributed by atoms with Crippen LogP contribution < -0.4 is 10.6 Å².